The standard InChI is InChI=1S/C13H15NO6S/c1-8-6-11(19-2)10(7-20-21(3,17)18)9-4-5-14(12(8)9)13(15)16/h4-6H,7H2,1-3H3,(H,15,16). The first-order chi connectivity index (χ1) is 9.74. The number of ether oxygens (including phenoxy) is 1. The van der Waals surface area contributed by atoms with Gasteiger partial charge in [-0.05, 0) is 24.6 Å². The van der Waals surface area contributed by atoms with Gasteiger partial charge in [0.25, 0.3) is 10.1 Å². The molecule has 0 bridgehead atoms. The number of hydrogen-bond acceptors (Lipinski definition) is 5. The zero-order chi connectivity index (χ0) is 15.8. The molecule has 0 radical (unpaired) electrons. The van der Waals surface area contributed by atoms with Gasteiger partial charge >= 0.3 is 6.09 Å². The molecular formula is C13H15NO6S. The minimum absolute atomic E-state index is 0.220. The van der Waals surface area contributed by atoms with Crippen molar-refractivity contribution in [2.75, 3.05) is 13.4 Å². The van der Waals surface area contributed by atoms with E-state index < -0.39 is 16.2 Å². The number of methoxy groups -OCH3 is 1. The lowest BCUT2D eigenvalue weighted by Crippen LogP contribution is -2.08. The van der Waals surface area contributed by atoms with Gasteiger partial charge in [0.1, 0.15) is 5.75 Å². The maximum absolute atomic E-state index is 11.2. The first-order valence-corrected chi connectivity index (χ1v) is 7.81. The lowest BCUT2D eigenvalue weighted by molar-refractivity contribution is 0.197. The first kappa shape index (κ1) is 15.3. The summed E-state index contributed by atoms with van der Waals surface area (Å²) < 4.78 is 33.4. The summed E-state index contributed by atoms with van der Waals surface area (Å²) in [6.07, 6.45) is 1.24. The summed E-state index contributed by atoms with van der Waals surface area (Å²) >= 11 is 0. The number of aryl methyl sites for hydroxylation is 1. The normalized spacial score (nSPS) is 11.8. The van der Waals surface area contributed by atoms with Crippen LogP contribution >= 0.6 is 0 Å². The Hall–Kier alpha value is -2.06. The zero-order valence-corrected chi connectivity index (χ0v) is 12.6. The second-order valence-electron chi connectivity index (χ2n) is 4.57. The quantitative estimate of drug-likeness (QED) is 0.867. The van der Waals surface area contributed by atoms with Gasteiger partial charge in [-0.2, -0.15) is 8.42 Å². The van der Waals surface area contributed by atoms with E-state index in [1.54, 1.807) is 19.1 Å². The van der Waals surface area contributed by atoms with Gasteiger partial charge in [0, 0.05) is 17.1 Å². The Kier molecular flexibility index (Phi) is 3.93. The van der Waals surface area contributed by atoms with E-state index in [1.165, 1.54) is 13.3 Å². The molecule has 0 atom stereocenters. The Morgan fingerprint density at radius 2 is 2.10 bits per heavy atom. The van der Waals surface area contributed by atoms with Crippen molar-refractivity contribution in [3.05, 3.63) is 29.5 Å². The Morgan fingerprint density at radius 1 is 1.43 bits per heavy atom. The minimum Gasteiger partial charge on any atom is -0.496 e. The summed E-state index contributed by atoms with van der Waals surface area (Å²) in [5.74, 6) is 0.451. The molecule has 114 valence electrons. The summed E-state index contributed by atoms with van der Waals surface area (Å²) in [6, 6.07) is 3.25. The molecule has 2 aromatic rings. The third-order valence-corrected chi connectivity index (χ3v) is 3.62. The van der Waals surface area contributed by atoms with Crippen LogP contribution in [0.25, 0.3) is 10.9 Å². The molecule has 0 fully saturated rings. The number of aromatic nitrogens is 1. The largest absolute Gasteiger partial charge is 0.496 e. The molecule has 21 heavy (non-hydrogen) atoms. The van der Waals surface area contributed by atoms with E-state index in [1.807, 2.05) is 0 Å². The first-order valence-electron chi connectivity index (χ1n) is 6.00. The average molecular weight is 313 g/mol. The summed E-state index contributed by atoms with van der Waals surface area (Å²) in [7, 11) is -2.16. The molecule has 0 aliphatic rings. The monoisotopic (exact) mass is 313 g/mol. The third kappa shape index (κ3) is 3.01. The van der Waals surface area contributed by atoms with Crippen molar-refractivity contribution in [1.29, 1.82) is 0 Å². The van der Waals surface area contributed by atoms with E-state index in [4.69, 9.17) is 8.92 Å². The van der Waals surface area contributed by atoms with Crippen LogP contribution in [0.2, 0.25) is 0 Å². The Balaban J connectivity index is 2.67. The second kappa shape index (κ2) is 5.38. The van der Waals surface area contributed by atoms with E-state index in [0.29, 0.717) is 27.8 Å². The number of benzene rings is 1. The highest BCUT2D eigenvalue weighted by atomic mass is 32.2. The van der Waals surface area contributed by atoms with Gasteiger partial charge in [0.05, 0.1) is 25.5 Å². The summed E-state index contributed by atoms with van der Waals surface area (Å²) in [5.41, 5.74) is 1.68. The van der Waals surface area contributed by atoms with Gasteiger partial charge in [-0.1, -0.05) is 0 Å². The van der Waals surface area contributed by atoms with Crippen molar-refractivity contribution in [3.8, 4) is 5.75 Å². The SMILES string of the molecule is COc1cc(C)c2c(ccn2C(=O)O)c1COS(C)(=O)=O. The molecule has 0 spiro atoms. The maximum atomic E-state index is 11.2. The van der Waals surface area contributed by atoms with Crippen LogP contribution in [0.4, 0.5) is 4.79 Å². The van der Waals surface area contributed by atoms with Gasteiger partial charge in [-0.25, -0.2) is 4.79 Å². The molecule has 0 amide bonds. The van der Waals surface area contributed by atoms with Gasteiger partial charge in [0.15, 0.2) is 0 Å². The average Bonchev–Trinajstić information content (AvgIpc) is 2.81. The zero-order valence-electron chi connectivity index (χ0n) is 11.8. The summed E-state index contributed by atoms with van der Waals surface area (Å²) in [4.78, 5) is 11.2. The highest BCUT2D eigenvalue weighted by Crippen LogP contribution is 2.32. The van der Waals surface area contributed by atoms with Crippen LogP contribution in [0.15, 0.2) is 18.3 Å². The third-order valence-electron chi connectivity index (χ3n) is 3.07. The van der Waals surface area contributed by atoms with Crippen LogP contribution in [-0.4, -0.2) is 37.6 Å². The number of hydrogen-bond donors (Lipinski definition) is 1. The smallest absolute Gasteiger partial charge is 0.416 e. The van der Waals surface area contributed by atoms with Crippen molar-refractivity contribution in [3.63, 3.8) is 0 Å². The Bertz CT molecular complexity index is 806. The van der Waals surface area contributed by atoms with Crippen molar-refractivity contribution in [2.24, 2.45) is 0 Å². The molecule has 1 aromatic carbocycles. The van der Waals surface area contributed by atoms with Crippen LogP contribution in [0.1, 0.15) is 11.1 Å². The van der Waals surface area contributed by atoms with Crippen LogP contribution in [0.3, 0.4) is 0 Å². The second-order valence-corrected chi connectivity index (χ2v) is 6.22. The van der Waals surface area contributed by atoms with Gasteiger partial charge in [0.2, 0.25) is 0 Å². The van der Waals surface area contributed by atoms with E-state index in [0.717, 1.165) is 10.8 Å². The lowest BCUT2D eigenvalue weighted by atomic mass is 10.1. The van der Waals surface area contributed by atoms with Crippen molar-refractivity contribution >= 4 is 27.1 Å². The molecule has 0 unspecified atom stereocenters. The predicted molar refractivity (Wildman–Crippen MR) is 76.3 cm³/mol. The Labute approximate surface area is 121 Å². The van der Waals surface area contributed by atoms with Crippen LogP contribution in [0, 0.1) is 6.92 Å². The topological polar surface area (TPSA) is 94.8 Å². The lowest BCUT2D eigenvalue weighted by Gasteiger charge is -2.12. The molecule has 0 aliphatic carbocycles. The maximum Gasteiger partial charge on any atom is 0.416 e. The fourth-order valence-electron chi connectivity index (χ4n) is 2.22. The molecule has 0 saturated heterocycles. The van der Waals surface area contributed by atoms with E-state index >= 15 is 0 Å². The fourth-order valence-corrected chi connectivity index (χ4v) is 2.55. The molecular weight excluding hydrogens is 298 g/mol. The molecule has 1 heterocycles. The van der Waals surface area contributed by atoms with Gasteiger partial charge < -0.3 is 9.84 Å². The molecule has 0 aliphatic heterocycles. The molecule has 1 N–H and O–H groups in total. The van der Waals surface area contributed by atoms with E-state index in [2.05, 4.69) is 0 Å². The van der Waals surface area contributed by atoms with Gasteiger partial charge in [-0.15, -0.1) is 0 Å². The molecule has 7 nitrogen and oxygen atoms in total. The van der Waals surface area contributed by atoms with Crippen molar-refractivity contribution in [2.45, 2.75) is 13.5 Å². The van der Waals surface area contributed by atoms with Gasteiger partial charge in [-0.3, -0.25) is 8.75 Å². The summed E-state index contributed by atoms with van der Waals surface area (Å²) in [6.45, 7) is 1.54. The van der Waals surface area contributed by atoms with Crippen LogP contribution in [0.5, 0.6) is 5.75 Å². The number of nitrogens with zero attached hydrogens (tertiary/aromatic N) is 1. The number of carboxylic acid groups (broad SMARTS) is 1. The van der Waals surface area contributed by atoms with Crippen LogP contribution < -0.4 is 4.74 Å². The van der Waals surface area contributed by atoms with E-state index in [-0.39, 0.29) is 6.61 Å². The highest BCUT2D eigenvalue weighted by molar-refractivity contribution is 7.85. The minimum atomic E-state index is -3.61. The molecule has 1 aromatic heterocycles. The summed E-state index contributed by atoms with van der Waals surface area (Å²) in [5, 5.41) is 9.76. The molecule has 2 rings (SSSR count). The number of fused-ring (bicyclic) bond motifs is 1. The predicted octanol–water partition coefficient (Wildman–Crippen LogP) is 1.96. The fraction of sp³-hybridized carbons (Fsp3) is 0.308. The van der Waals surface area contributed by atoms with Crippen molar-refractivity contribution < 1.29 is 27.2 Å². The molecule has 0 saturated carbocycles. The number of carbonyl (C=O) groups is 1. The number of rotatable bonds is 4. The van der Waals surface area contributed by atoms with Crippen LogP contribution in [-0.2, 0) is 20.9 Å². The van der Waals surface area contributed by atoms with Crippen molar-refractivity contribution in [1.82, 2.24) is 4.57 Å². The van der Waals surface area contributed by atoms with E-state index in [9.17, 15) is 18.3 Å². The Morgan fingerprint density at radius 3 is 2.62 bits per heavy atom. The molecule has 8 heteroatoms. The highest BCUT2D eigenvalue weighted by Gasteiger charge is 2.18.